The van der Waals surface area contributed by atoms with Gasteiger partial charge in [0, 0.05) is 0 Å². The molecule has 3 rings (SSSR count). The molecule has 0 bridgehead atoms. The number of hydrogen-bond donors (Lipinski definition) is 0. The lowest BCUT2D eigenvalue weighted by Gasteiger charge is -2.17. The molecule has 140 valence electrons. The van der Waals surface area contributed by atoms with Crippen LogP contribution in [0.4, 0.5) is 5.69 Å². The first kappa shape index (κ1) is 18.6. The van der Waals surface area contributed by atoms with Crippen LogP contribution in [0.25, 0.3) is 0 Å². The predicted molar refractivity (Wildman–Crippen MR) is 99.9 cm³/mol. The minimum absolute atomic E-state index is 0.250. The van der Waals surface area contributed by atoms with Gasteiger partial charge in [0.1, 0.15) is 5.75 Å². The Morgan fingerprint density at radius 1 is 0.926 bits per heavy atom. The molecule has 1 aliphatic rings. The predicted octanol–water partition coefficient (Wildman–Crippen LogP) is 3.45. The fourth-order valence-corrected chi connectivity index (χ4v) is 2.72. The van der Waals surface area contributed by atoms with E-state index in [9.17, 15) is 14.4 Å². The second-order valence-electron chi connectivity index (χ2n) is 6.77. The number of ether oxygens (including phenoxy) is 2. The van der Waals surface area contributed by atoms with Crippen molar-refractivity contribution in [1.29, 1.82) is 0 Å². The van der Waals surface area contributed by atoms with Crippen molar-refractivity contribution in [2.45, 2.75) is 26.9 Å². The number of carbonyl (C=O) groups is 3. The van der Waals surface area contributed by atoms with Gasteiger partial charge in [0.15, 0.2) is 6.10 Å². The van der Waals surface area contributed by atoms with Gasteiger partial charge in [-0.1, -0.05) is 26.0 Å². The molecule has 0 aliphatic carbocycles. The van der Waals surface area contributed by atoms with E-state index in [1.54, 1.807) is 55.5 Å². The van der Waals surface area contributed by atoms with Crippen LogP contribution in [0.3, 0.4) is 0 Å². The molecular formula is C21H21NO5. The molecule has 0 radical (unpaired) electrons. The summed E-state index contributed by atoms with van der Waals surface area (Å²) >= 11 is 0. The zero-order valence-electron chi connectivity index (χ0n) is 15.5. The highest BCUT2D eigenvalue weighted by Crippen LogP contribution is 2.29. The van der Waals surface area contributed by atoms with Gasteiger partial charge in [-0.15, -0.1) is 0 Å². The van der Waals surface area contributed by atoms with Crippen molar-refractivity contribution in [2.24, 2.45) is 5.92 Å². The summed E-state index contributed by atoms with van der Waals surface area (Å²) in [4.78, 5) is 38.0. The third-order valence-corrected chi connectivity index (χ3v) is 4.09. The molecule has 1 unspecified atom stereocenters. The molecule has 0 saturated heterocycles. The smallest absolute Gasteiger partial charge is 0.347 e. The minimum Gasteiger partial charge on any atom is -0.479 e. The van der Waals surface area contributed by atoms with Crippen molar-refractivity contribution in [3.8, 4) is 5.75 Å². The molecule has 6 nitrogen and oxygen atoms in total. The lowest BCUT2D eigenvalue weighted by Crippen LogP contribution is -2.29. The highest BCUT2D eigenvalue weighted by Gasteiger charge is 2.36. The second-order valence-corrected chi connectivity index (χ2v) is 6.77. The lowest BCUT2D eigenvalue weighted by molar-refractivity contribution is -0.152. The standard InChI is InChI=1S/C21H21NO5/c1-13(2)12-26-21(25)14(3)27-16-10-8-15(9-11-16)22-19(23)17-6-4-5-7-18(17)20(22)24/h4-11,13-14H,12H2,1-3H3. The molecule has 0 spiro atoms. The Morgan fingerprint density at radius 3 is 2.00 bits per heavy atom. The largest absolute Gasteiger partial charge is 0.479 e. The van der Waals surface area contributed by atoms with Gasteiger partial charge in [-0.05, 0) is 49.2 Å². The van der Waals surface area contributed by atoms with Crippen molar-refractivity contribution < 1.29 is 23.9 Å². The normalized spacial score (nSPS) is 14.3. The van der Waals surface area contributed by atoms with E-state index in [1.165, 1.54) is 0 Å². The molecule has 2 amide bonds. The molecule has 27 heavy (non-hydrogen) atoms. The molecule has 1 heterocycles. The van der Waals surface area contributed by atoms with E-state index in [2.05, 4.69) is 0 Å². The molecule has 0 saturated carbocycles. The average Bonchev–Trinajstić information content (AvgIpc) is 2.91. The van der Waals surface area contributed by atoms with E-state index in [0.717, 1.165) is 4.90 Å². The van der Waals surface area contributed by atoms with Crippen molar-refractivity contribution in [3.63, 3.8) is 0 Å². The number of nitrogens with zero attached hydrogens (tertiary/aromatic N) is 1. The molecular weight excluding hydrogens is 346 g/mol. The third-order valence-electron chi connectivity index (χ3n) is 4.09. The van der Waals surface area contributed by atoms with E-state index in [-0.39, 0.29) is 17.7 Å². The van der Waals surface area contributed by atoms with Crippen LogP contribution in [0, 0.1) is 5.92 Å². The zero-order chi connectivity index (χ0) is 19.6. The van der Waals surface area contributed by atoms with Gasteiger partial charge in [0.2, 0.25) is 0 Å². The Kier molecular flexibility index (Phi) is 5.26. The van der Waals surface area contributed by atoms with Gasteiger partial charge >= 0.3 is 5.97 Å². The van der Waals surface area contributed by atoms with Gasteiger partial charge in [-0.2, -0.15) is 0 Å². The molecule has 2 aromatic rings. The van der Waals surface area contributed by atoms with Crippen LogP contribution in [-0.4, -0.2) is 30.5 Å². The lowest BCUT2D eigenvalue weighted by atomic mass is 10.1. The van der Waals surface area contributed by atoms with Crippen LogP contribution >= 0.6 is 0 Å². The quantitative estimate of drug-likeness (QED) is 0.577. The van der Waals surface area contributed by atoms with Crippen LogP contribution in [0.5, 0.6) is 5.75 Å². The Labute approximate surface area is 157 Å². The van der Waals surface area contributed by atoms with Crippen LogP contribution < -0.4 is 9.64 Å². The second kappa shape index (κ2) is 7.61. The van der Waals surface area contributed by atoms with E-state index < -0.39 is 12.1 Å². The zero-order valence-corrected chi connectivity index (χ0v) is 15.5. The van der Waals surface area contributed by atoms with Crippen LogP contribution in [0.1, 0.15) is 41.5 Å². The van der Waals surface area contributed by atoms with Gasteiger partial charge in [0.05, 0.1) is 23.4 Å². The molecule has 0 fully saturated rings. The van der Waals surface area contributed by atoms with Gasteiger partial charge in [0.25, 0.3) is 11.8 Å². The number of rotatable bonds is 6. The summed E-state index contributed by atoms with van der Waals surface area (Å²) in [5.41, 5.74) is 1.23. The Balaban J connectivity index is 1.69. The summed E-state index contributed by atoms with van der Waals surface area (Å²) in [6, 6.07) is 13.2. The third kappa shape index (κ3) is 3.84. The number of esters is 1. The van der Waals surface area contributed by atoms with Gasteiger partial charge in [-0.3, -0.25) is 9.59 Å². The highest BCUT2D eigenvalue weighted by molar-refractivity contribution is 6.34. The maximum Gasteiger partial charge on any atom is 0.347 e. The fraction of sp³-hybridized carbons (Fsp3) is 0.286. The number of imide groups is 1. The Morgan fingerprint density at radius 2 is 1.48 bits per heavy atom. The molecule has 6 heteroatoms. The Bertz CT molecular complexity index is 837. The number of benzene rings is 2. The number of amides is 2. The number of hydrogen-bond acceptors (Lipinski definition) is 5. The monoisotopic (exact) mass is 367 g/mol. The molecule has 0 N–H and O–H groups in total. The summed E-state index contributed by atoms with van der Waals surface area (Å²) in [6.45, 7) is 5.86. The maximum atomic E-state index is 12.5. The number of fused-ring (bicyclic) bond motifs is 1. The molecule has 0 aromatic heterocycles. The number of carbonyl (C=O) groups excluding carboxylic acids is 3. The van der Waals surface area contributed by atoms with E-state index in [1.807, 2.05) is 13.8 Å². The minimum atomic E-state index is -0.756. The van der Waals surface area contributed by atoms with E-state index in [0.29, 0.717) is 29.2 Å². The summed E-state index contributed by atoms with van der Waals surface area (Å²) in [6.07, 6.45) is -0.756. The van der Waals surface area contributed by atoms with Crippen molar-refractivity contribution in [3.05, 3.63) is 59.7 Å². The molecule has 2 aromatic carbocycles. The average molecular weight is 367 g/mol. The SMILES string of the molecule is CC(C)COC(=O)C(C)Oc1ccc(N2C(=O)c3ccccc3C2=O)cc1. The van der Waals surface area contributed by atoms with Gasteiger partial charge in [-0.25, -0.2) is 9.69 Å². The first-order valence-electron chi connectivity index (χ1n) is 8.79. The summed E-state index contributed by atoms with van der Waals surface area (Å²) in [5.74, 6) is -0.442. The summed E-state index contributed by atoms with van der Waals surface area (Å²) < 4.78 is 10.7. The highest BCUT2D eigenvalue weighted by atomic mass is 16.6. The van der Waals surface area contributed by atoms with Crippen molar-refractivity contribution in [1.82, 2.24) is 0 Å². The maximum absolute atomic E-state index is 12.5. The van der Waals surface area contributed by atoms with Crippen molar-refractivity contribution in [2.75, 3.05) is 11.5 Å². The van der Waals surface area contributed by atoms with Crippen LogP contribution in [0.15, 0.2) is 48.5 Å². The number of anilines is 1. The Hall–Kier alpha value is -3.15. The van der Waals surface area contributed by atoms with E-state index in [4.69, 9.17) is 9.47 Å². The van der Waals surface area contributed by atoms with Crippen LogP contribution in [0.2, 0.25) is 0 Å². The summed E-state index contributed by atoms with van der Waals surface area (Å²) in [7, 11) is 0. The summed E-state index contributed by atoms with van der Waals surface area (Å²) in [5, 5.41) is 0. The molecule has 1 aliphatic heterocycles. The van der Waals surface area contributed by atoms with Crippen LogP contribution in [-0.2, 0) is 9.53 Å². The fourth-order valence-electron chi connectivity index (χ4n) is 2.72. The molecule has 1 atom stereocenters. The first-order valence-corrected chi connectivity index (χ1v) is 8.79. The van der Waals surface area contributed by atoms with Crippen molar-refractivity contribution >= 4 is 23.5 Å². The van der Waals surface area contributed by atoms with E-state index >= 15 is 0 Å². The first-order chi connectivity index (χ1) is 12.9. The van der Waals surface area contributed by atoms with Gasteiger partial charge < -0.3 is 9.47 Å². The topological polar surface area (TPSA) is 72.9 Å².